The molecule has 3 rings (SSSR count). The molecule has 8 heteroatoms. The molecule has 0 unspecified atom stereocenters. The summed E-state index contributed by atoms with van der Waals surface area (Å²) in [5, 5.41) is 13.5. The third-order valence-corrected chi connectivity index (χ3v) is 3.07. The van der Waals surface area contributed by atoms with Crippen molar-refractivity contribution in [2.45, 2.75) is 6.92 Å². The lowest BCUT2D eigenvalue weighted by Crippen LogP contribution is -2.17. The van der Waals surface area contributed by atoms with Crippen LogP contribution in [0.4, 0.5) is 10.5 Å². The van der Waals surface area contributed by atoms with Crippen molar-refractivity contribution in [3.8, 4) is 0 Å². The summed E-state index contributed by atoms with van der Waals surface area (Å²) in [4.78, 5) is 16.4. The number of anilines is 1. The lowest BCUT2D eigenvalue weighted by Gasteiger charge is -2.04. The van der Waals surface area contributed by atoms with Crippen LogP contribution in [0.25, 0.3) is 11.0 Å². The second-order valence-corrected chi connectivity index (χ2v) is 4.81. The summed E-state index contributed by atoms with van der Waals surface area (Å²) in [7, 11) is 0. The number of hydrogen-bond donors (Lipinski definition) is 2. The van der Waals surface area contributed by atoms with E-state index in [-0.39, 0.29) is 5.84 Å². The van der Waals surface area contributed by atoms with Crippen molar-refractivity contribution in [1.82, 2.24) is 10.3 Å². The van der Waals surface area contributed by atoms with E-state index in [1.54, 1.807) is 30.3 Å². The lowest BCUT2D eigenvalue weighted by molar-refractivity contribution is 0.166. The summed E-state index contributed by atoms with van der Waals surface area (Å²) in [6.07, 6.45) is -0.735. The number of oxime groups is 1. The molecule has 8 nitrogen and oxygen atoms in total. The van der Waals surface area contributed by atoms with Gasteiger partial charge in [0.1, 0.15) is 11.0 Å². The Labute approximate surface area is 130 Å². The van der Waals surface area contributed by atoms with Gasteiger partial charge in [-0.1, -0.05) is 22.9 Å². The fraction of sp³-hybridized carbons (Fsp3) is 0.0667. The van der Waals surface area contributed by atoms with Crippen molar-refractivity contribution in [3.05, 3.63) is 53.6 Å². The number of nitrogens with two attached hydrogens (primary N) is 1. The van der Waals surface area contributed by atoms with E-state index >= 15 is 0 Å². The van der Waals surface area contributed by atoms with Crippen LogP contribution in [0.1, 0.15) is 11.1 Å². The van der Waals surface area contributed by atoms with Gasteiger partial charge in [0, 0.05) is 11.3 Å². The minimum atomic E-state index is -0.735. The number of carbonyl (C=O) groups excluding carboxylic acids is 1. The van der Waals surface area contributed by atoms with Crippen molar-refractivity contribution in [3.63, 3.8) is 0 Å². The number of rotatable bonds is 3. The zero-order valence-electron chi connectivity index (χ0n) is 12.2. The van der Waals surface area contributed by atoms with Crippen molar-refractivity contribution in [2.75, 3.05) is 5.32 Å². The van der Waals surface area contributed by atoms with Crippen LogP contribution in [-0.4, -0.2) is 22.2 Å². The molecule has 3 N–H and O–H groups in total. The third-order valence-electron chi connectivity index (χ3n) is 3.07. The van der Waals surface area contributed by atoms with Gasteiger partial charge in [-0.15, -0.1) is 0 Å². The van der Waals surface area contributed by atoms with E-state index in [0.29, 0.717) is 22.3 Å². The summed E-state index contributed by atoms with van der Waals surface area (Å²) in [5.74, 6) is 0.0361. The fourth-order valence-electron chi connectivity index (χ4n) is 1.86. The Hall–Kier alpha value is -3.42. The van der Waals surface area contributed by atoms with Crippen LogP contribution in [0.5, 0.6) is 0 Å². The number of fused-ring (bicyclic) bond motifs is 1. The average molecular weight is 311 g/mol. The van der Waals surface area contributed by atoms with Gasteiger partial charge in [0.05, 0.1) is 0 Å². The average Bonchev–Trinajstić information content (AvgIpc) is 3.02. The molecule has 0 fully saturated rings. The third kappa shape index (κ3) is 3.43. The van der Waals surface area contributed by atoms with E-state index in [0.717, 1.165) is 5.56 Å². The first-order chi connectivity index (χ1) is 11.1. The number of nitrogens with one attached hydrogen (secondary N) is 1. The zero-order valence-corrected chi connectivity index (χ0v) is 12.2. The molecule has 0 bridgehead atoms. The van der Waals surface area contributed by atoms with Crippen molar-refractivity contribution >= 4 is 28.6 Å². The Kier molecular flexibility index (Phi) is 3.88. The fourth-order valence-corrected chi connectivity index (χ4v) is 1.86. The Bertz CT molecular complexity index is 870. The summed E-state index contributed by atoms with van der Waals surface area (Å²) in [6.45, 7) is 1.95. The lowest BCUT2D eigenvalue weighted by atomic mass is 10.2. The molecule has 0 aliphatic rings. The van der Waals surface area contributed by atoms with Gasteiger partial charge in [0.15, 0.2) is 5.84 Å². The van der Waals surface area contributed by atoms with Gasteiger partial charge in [-0.25, -0.2) is 9.42 Å². The zero-order chi connectivity index (χ0) is 16.2. The number of carbonyl (C=O) groups is 1. The summed E-state index contributed by atoms with van der Waals surface area (Å²) in [6, 6.07) is 12.2. The molecular formula is C15H13N5O3. The SMILES string of the molecule is Cc1ccc(NC(=O)O/N=C(\N)c2ccc3nonc3c2)cc1. The maximum absolute atomic E-state index is 11.7. The van der Waals surface area contributed by atoms with Gasteiger partial charge in [0.25, 0.3) is 0 Å². The highest BCUT2D eigenvalue weighted by molar-refractivity contribution is 6.00. The van der Waals surface area contributed by atoms with Crippen LogP contribution >= 0.6 is 0 Å². The first-order valence-corrected chi connectivity index (χ1v) is 6.72. The molecule has 3 aromatic rings. The van der Waals surface area contributed by atoms with Gasteiger partial charge >= 0.3 is 6.09 Å². The maximum atomic E-state index is 11.7. The molecule has 0 atom stereocenters. The predicted molar refractivity (Wildman–Crippen MR) is 83.8 cm³/mol. The number of nitrogens with zero attached hydrogens (tertiary/aromatic N) is 3. The topological polar surface area (TPSA) is 116 Å². The highest BCUT2D eigenvalue weighted by atomic mass is 16.7. The van der Waals surface area contributed by atoms with Gasteiger partial charge < -0.3 is 5.73 Å². The summed E-state index contributed by atoms with van der Waals surface area (Å²) >= 11 is 0. The second-order valence-electron chi connectivity index (χ2n) is 4.81. The van der Waals surface area contributed by atoms with Crippen LogP contribution in [0.2, 0.25) is 0 Å². The molecule has 1 aromatic heterocycles. The minimum absolute atomic E-state index is 0.0361. The second kappa shape index (κ2) is 6.14. The van der Waals surface area contributed by atoms with E-state index in [2.05, 4.69) is 25.4 Å². The molecule has 0 radical (unpaired) electrons. The minimum Gasteiger partial charge on any atom is -0.380 e. The molecule has 0 saturated heterocycles. The smallest absolute Gasteiger partial charge is 0.380 e. The van der Waals surface area contributed by atoms with Crippen LogP contribution < -0.4 is 11.1 Å². The van der Waals surface area contributed by atoms with Gasteiger partial charge in [0.2, 0.25) is 0 Å². The highest BCUT2D eigenvalue weighted by Gasteiger charge is 2.07. The van der Waals surface area contributed by atoms with Crippen molar-refractivity contribution < 1.29 is 14.3 Å². The van der Waals surface area contributed by atoms with Crippen LogP contribution in [0.15, 0.2) is 52.2 Å². The van der Waals surface area contributed by atoms with Crippen molar-refractivity contribution in [1.29, 1.82) is 0 Å². The number of benzene rings is 2. The largest absolute Gasteiger partial charge is 0.437 e. The molecule has 116 valence electrons. The molecule has 23 heavy (non-hydrogen) atoms. The predicted octanol–water partition coefficient (Wildman–Crippen LogP) is 2.40. The number of hydrogen-bond acceptors (Lipinski definition) is 6. The Morgan fingerprint density at radius 1 is 1.17 bits per heavy atom. The number of aryl methyl sites for hydroxylation is 1. The molecule has 0 aliphatic carbocycles. The van der Waals surface area contributed by atoms with Gasteiger partial charge in [-0.05, 0) is 47.6 Å². The molecule has 1 amide bonds. The molecule has 2 aromatic carbocycles. The van der Waals surface area contributed by atoms with E-state index in [4.69, 9.17) is 10.6 Å². The first kappa shape index (κ1) is 14.5. The van der Waals surface area contributed by atoms with E-state index in [1.807, 2.05) is 19.1 Å². The Morgan fingerprint density at radius 2 is 1.91 bits per heavy atom. The maximum Gasteiger partial charge on any atom is 0.437 e. The van der Waals surface area contributed by atoms with Gasteiger partial charge in [-0.3, -0.25) is 10.2 Å². The van der Waals surface area contributed by atoms with Crippen LogP contribution in [0, 0.1) is 6.92 Å². The standard InChI is InChI=1S/C15H13N5O3/c1-9-2-5-11(6-3-9)17-15(21)22-20-14(16)10-4-7-12-13(8-10)19-23-18-12/h2-8H,1H3,(H2,16,20)(H,17,21). The van der Waals surface area contributed by atoms with E-state index in [1.165, 1.54) is 0 Å². The molecule has 0 aliphatic heterocycles. The number of aromatic nitrogens is 2. The van der Waals surface area contributed by atoms with Gasteiger partial charge in [-0.2, -0.15) is 0 Å². The molecular weight excluding hydrogens is 298 g/mol. The van der Waals surface area contributed by atoms with Crippen LogP contribution in [-0.2, 0) is 4.84 Å². The van der Waals surface area contributed by atoms with E-state index < -0.39 is 6.09 Å². The number of amidine groups is 1. The molecule has 1 heterocycles. The molecule has 0 spiro atoms. The van der Waals surface area contributed by atoms with Crippen LogP contribution in [0.3, 0.4) is 0 Å². The summed E-state index contributed by atoms with van der Waals surface area (Å²) in [5.41, 5.74) is 9.14. The van der Waals surface area contributed by atoms with E-state index in [9.17, 15) is 4.79 Å². The quantitative estimate of drug-likeness (QED) is 0.332. The monoisotopic (exact) mass is 311 g/mol. The highest BCUT2D eigenvalue weighted by Crippen LogP contribution is 2.12. The normalized spacial score (nSPS) is 11.4. The summed E-state index contributed by atoms with van der Waals surface area (Å²) < 4.78 is 4.60. The Morgan fingerprint density at radius 3 is 2.70 bits per heavy atom. The number of amides is 1. The van der Waals surface area contributed by atoms with Crippen molar-refractivity contribution in [2.24, 2.45) is 10.9 Å². The molecule has 0 saturated carbocycles. The Balaban J connectivity index is 1.66. The first-order valence-electron chi connectivity index (χ1n) is 6.72.